The van der Waals surface area contributed by atoms with Crippen molar-refractivity contribution in [2.75, 3.05) is 23.8 Å². The van der Waals surface area contributed by atoms with E-state index in [1.165, 1.54) is 21.6 Å². The molecule has 5 heterocycles. The number of nitrogens with zero attached hydrogens (tertiary/aromatic N) is 1. The number of rotatable bonds is 8. The molecular formula is C54H77NO10S2. The van der Waals surface area contributed by atoms with E-state index in [4.69, 9.17) is 4.74 Å². The van der Waals surface area contributed by atoms with Gasteiger partial charge in [-0.1, -0.05) is 94.0 Å². The van der Waals surface area contributed by atoms with Gasteiger partial charge < -0.3 is 45.4 Å². The average Bonchev–Trinajstić information content (AvgIpc) is 3.99. The molecule has 11 nitrogen and oxygen atoms in total. The molecule has 1 aromatic rings. The third kappa shape index (κ3) is 6.83. The minimum absolute atomic E-state index is 0.0213. The van der Waals surface area contributed by atoms with Crippen LogP contribution in [-0.4, -0.2) is 107 Å². The average molecular weight is 964 g/mol. The second-order valence-electron chi connectivity index (χ2n) is 23.7. The van der Waals surface area contributed by atoms with E-state index in [1.807, 2.05) is 17.9 Å². The van der Waals surface area contributed by atoms with Crippen LogP contribution in [0.15, 0.2) is 42.0 Å². The van der Waals surface area contributed by atoms with Crippen molar-refractivity contribution in [2.24, 2.45) is 69.0 Å². The predicted molar refractivity (Wildman–Crippen MR) is 261 cm³/mol. The summed E-state index contributed by atoms with van der Waals surface area (Å²) in [5, 5.41) is 86.2. The number of carbonyl (C=O) groups excluding carboxylic acids is 2. The van der Waals surface area contributed by atoms with Crippen molar-refractivity contribution in [3.8, 4) is 5.75 Å². The number of unbranched alkanes of at least 4 members (excludes halogenated alkanes) is 2. The lowest BCUT2D eigenvalue weighted by Crippen LogP contribution is -2.70. The normalized spacial score (nSPS) is 47.4. The number of carbonyl (C=O) groups is 2. The van der Waals surface area contributed by atoms with Gasteiger partial charge in [0.25, 0.3) is 0 Å². The minimum Gasteiger partial charge on any atom is -0.508 e. The smallest absolute Gasteiger partial charge is 0.234 e. The fourth-order valence-electron chi connectivity index (χ4n) is 17.1. The number of ether oxygens (including phenoxy) is 1. The van der Waals surface area contributed by atoms with Crippen LogP contribution in [0.3, 0.4) is 0 Å². The molecule has 1 aromatic carbocycles. The van der Waals surface area contributed by atoms with Gasteiger partial charge in [0, 0.05) is 42.0 Å². The molecule has 11 aliphatic rings. The van der Waals surface area contributed by atoms with Crippen molar-refractivity contribution < 1.29 is 50.1 Å². The summed E-state index contributed by atoms with van der Waals surface area (Å²) in [4.78, 5) is 33.0. The lowest BCUT2D eigenvalue weighted by molar-refractivity contribution is -0.206. The molecule has 0 radical (unpaired) electrons. The fourth-order valence-corrected chi connectivity index (χ4v) is 20.2. The molecule has 3 spiro atoms. The number of aryl methyl sites for hydroxylation is 1. The van der Waals surface area contributed by atoms with E-state index in [-0.39, 0.29) is 72.6 Å². The van der Waals surface area contributed by atoms with Crippen LogP contribution in [0.25, 0.3) is 0 Å². The molecule has 4 saturated carbocycles. The first-order valence-corrected chi connectivity index (χ1v) is 28.4. The summed E-state index contributed by atoms with van der Waals surface area (Å²) in [7, 11) is 2.69. The number of phenols is 1. The highest BCUT2D eigenvalue weighted by Gasteiger charge is 2.78. The Labute approximate surface area is 405 Å². The monoisotopic (exact) mass is 963 g/mol. The summed E-state index contributed by atoms with van der Waals surface area (Å²) >= 11 is 0. The lowest BCUT2D eigenvalue weighted by Gasteiger charge is -2.66. The highest BCUT2D eigenvalue weighted by Crippen LogP contribution is 2.76. The Morgan fingerprint density at radius 3 is 2.49 bits per heavy atom. The highest BCUT2D eigenvalue weighted by atomic mass is 33.1. The molecule has 13 heteroatoms. The van der Waals surface area contributed by atoms with Gasteiger partial charge in [-0.15, -0.1) is 0 Å². The molecule has 0 unspecified atom stereocenters. The number of hydrogen-bond donors (Lipinski definition) is 7. The Hall–Kier alpha value is -1.94. The molecular weight excluding hydrogens is 887 g/mol. The Morgan fingerprint density at radius 2 is 1.75 bits per heavy atom. The Morgan fingerprint density at radius 1 is 0.970 bits per heavy atom. The SMILES string of the molecule is CCCCC[C@@H]1CN2C(=O)[C@]13[C@H](CO)CCC[C@H]3CSS[C@@H](O)[C@@]13C[C@@H](O)[C@@H](O)C[C@]1(C)[C@H]1C[C@H]4C=CC[C@](O)([C@@H]5O[C@H]5[C@H](C)C(C)C)[C@H]5CC[C@@](O)(C1=CC3=O)[C@]45CCc1cc(O)cc2c1. The van der Waals surface area contributed by atoms with E-state index in [0.29, 0.717) is 68.0 Å². The van der Waals surface area contributed by atoms with Gasteiger partial charge in [0.05, 0.1) is 34.7 Å². The van der Waals surface area contributed by atoms with Gasteiger partial charge in [0.2, 0.25) is 5.91 Å². The van der Waals surface area contributed by atoms with Gasteiger partial charge >= 0.3 is 0 Å². The number of anilines is 1. The molecule has 0 aromatic heterocycles. The van der Waals surface area contributed by atoms with E-state index in [2.05, 4.69) is 39.8 Å². The van der Waals surface area contributed by atoms with Crippen LogP contribution in [-0.2, 0) is 20.7 Å². The van der Waals surface area contributed by atoms with Crippen LogP contribution in [0.2, 0.25) is 0 Å². The standard InChI is InChI=1S/C54H77NO10S2/c1-6-7-8-11-34-27-55-37-20-32(21-38(57)23-37)15-18-50-33-14-10-17-52(63,46-45(65-46)31(4)30(2)3)43(50)16-19-53(50,64)40-24-44(60)51(26-42(59)41(58)25-49(51,5)39(40)22-33)48(62)67-66-29-36-13-9-12-35(28-56)54(34,36)47(55)61/h10,14,20-21,23-24,30-31,33-36,39,41-43,45-46,48,56-59,62-64H,6-9,11-13,15-19,22,25-29H2,1-5H3/t31-,33-,34-,35+,36+,39+,41+,42-,43+,45+,46-,48-,49-,50-,51+,52-,53-,54+/m1/s1. The Kier molecular flexibility index (Phi) is 12.6. The maximum absolute atomic E-state index is 15.6. The van der Waals surface area contributed by atoms with Crippen LogP contribution < -0.4 is 4.90 Å². The zero-order chi connectivity index (χ0) is 47.6. The number of aliphatic hydroxyl groups is 6. The van der Waals surface area contributed by atoms with Crippen molar-refractivity contribution in [1.29, 1.82) is 0 Å². The second kappa shape index (κ2) is 17.4. The van der Waals surface area contributed by atoms with E-state index in [9.17, 15) is 35.7 Å². The predicted octanol–water partition coefficient (Wildman–Crippen LogP) is 7.51. The number of fused-ring (bicyclic) bond motifs is 1. The molecule has 8 bridgehead atoms. The zero-order valence-corrected chi connectivity index (χ0v) is 41.9. The number of hydrogen-bond acceptors (Lipinski definition) is 12. The van der Waals surface area contributed by atoms with Crippen LogP contribution in [0.5, 0.6) is 5.75 Å². The fraction of sp³-hybridized carbons (Fsp3) is 0.778. The molecule has 7 N–H and O–H groups in total. The molecule has 6 fully saturated rings. The van der Waals surface area contributed by atoms with E-state index in [1.54, 1.807) is 18.2 Å². The minimum atomic E-state index is -1.57. The van der Waals surface area contributed by atoms with Crippen molar-refractivity contribution in [3.63, 3.8) is 0 Å². The summed E-state index contributed by atoms with van der Waals surface area (Å²) in [5.74, 6) is -0.887. The zero-order valence-electron chi connectivity index (χ0n) is 40.3. The first-order valence-electron chi connectivity index (χ1n) is 26.0. The number of aromatic hydroxyl groups is 1. The van der Waals surface area contributed by atoms with Gasteiger partial charge in [0.1, 0.15) is 22.9 Å². The molecule has 2 saturated heterocycles. The van der Waals surface area contributed by atoms with E-state index >= 15 is 9.59 Å². The quantitative estimate of drug-likeness (QED) is 0.0589. The Bertz CT molecular complexity index is 2170. The van der Waals surface area contributed by atoms with Crippen LogP contribution in [0, 0.1) is 69.0 Å². The van der Waals surface area contributed by atoms with E-state index < -0.39 is 68.4 Å². The molecule has 5 aliphatic heterocycles. The van der Waals surface area contributed by atoms with Crippen molar-refractivity contribution >= 4 is 39.0 Å². The lowest BCUT2D eigenvalue weighted by atomic mass is 9.39. The number of ketones is 1. The first kappa shape index (κ1) is 48.7. The molecule has 18 atom stereocenters. The number of phenolic OH excluding ortho intramolecular Hbond substituents is 1. The second-order valence-corrected chi connectivity index (χ2v) is 26.2. The van der Waals surface area contributed by atoms with Gasteiger partial charge in [-0.2, -0.15) is 0 Å². The van der Waals surface area contributed by atoms with Gasteiger partial charge in [0.15, 0.2) is 5.78 Å². The number of benzene rings is 1. The van der Waals surface area contributed by atoms with Crippen molar-refractivity contribution in [3.05, 3.63) is 47.6 Å². The number of epoxide rings is 1. The third-order valence-electron chi connectivity index (χ3n) is 20.8. The van der Waals surface area contributed by atoms with Crippen LogP contribution in [0.1, 0.15) is 130 Å². The Balaban J connectivity index is 1.16. The number of aliphatic hydroxyl groups excluding tert-OH is 4. The van der Waals surface area contributed by atoms with Crippen molar-refractivity contribution in [2.45, 2.75) is 172 Å². The summed E-state index contributed by atoms with van der Waals surface area (Å²) in [5.41, 5.74) is -6.55. The summed E-state index contributed by atoms with van der Waals surface area (Å²) < 4.78 is 6.50. The highest BCUT2D eigenvalue weighted by molar-refractivity contribution is 8.76. The summed E-state index contributed by atoms with van der Waals surface area (Å²) in [6.45, 7) is 11.0. The molecule has 12 rings (SSSR count). The largest absolute Gasteiger partial charge is 0.508 e. The number of allylic oxidation sites excluding steroid dienone is 2. The topological polar surface area (TPSA) is 192 Å². The molecule has 6 aliphatic carbocycles. The van der Waals surface area contributed by atoms with Crippen LogP contribution >= 0.6 is 21.6 Å². The van der Waals surface area contributed by atoms with Gasteiger partial charge in [-0.25, -0.2) is 0 Å². The molecule has 67 heavy (non-hydrogen) atoms. The van der Waals surface area contributed by atoms with Gasteiger partial charge in [-0.05, 0) is 147 Å². The first-order chi connectivity index (χ1) is 31.9. The van der Waals surface area contributed by atoms with E-state index in [0.717, 1.165) is 50.5 Å². The summed E-state index contributed by atoms with van der Waals surface area (Å²) in [6, 6.07) is 5.48. The number of amides is 1. The van der Waals surface area contributed by atoms with Crippen LogP contribution in [0.4, 0.5) is 5.69 Å². The summed E-state index contributed by atoms with van der Waals surface area (Å²) in [6.07, 6.45) is 11.5. The molecule has 1 amide bonds. The van der Waals surface area contributed by atoms with Crippen molar-refractivity contribution in [1.82, 2.24) is 0 Å². The third-order valence-corrected chi connectivity index (χ3v) is 23.4. The maximum atomic E-state index is 15.6. The maximum Gasteiger partial charge on any atom is 0.234 e. The van der Waals surface area contributed by atoms with Gasteiger partial charge in [-0.3, -0.25) is 9.59 Å². The molecule has 370 valence electrons.